The highest BCUT2D eigenvalue weighted by atomic mass is 16.5. The second kappa shape index (κ2) is 5.70. The number of aryl methyl sites for hydroxylation is 1. The third-order valence-corrected chi connectivity index (χ3v) is 3.42. The third-order valence-electron chi connectivity index (χ3n) is 3.42. The van der Waals surface area contributed by atoms with Crippen molar-refractivity contribution in [2.45, 2.75) is 6.92 Å². The lowest BCUT2D eigenvalue weighted by atomic mass is 10.1. The van der Waals surface area contributed by atoms with E-state index in [1.54, 1.807) is 11.8 Å². The van der Waals surface area contributed by atoms with E-state index in [9.17, 15) is 5.26 Å². The highest BCUT2D eigenvalue weighted by Gasteiger charge is 2.19. The molecule has 0 atom stereocenters. The molecule has 0 spiro atoms. The summed E-state index contributed by atoms with van der Waals surface area (Å²) >= 11 is 0. The van der Waals surface area contributed by atoms with Crippen molar-refractivity contribution in [3.05, 3.63) is 59.8 Å². The normalized spacial score (nSPS) is 10.2. The molecular formula is C17H14N4O. The molecule has 3 aromatic rings. The number of nitrogens with zero attached hydrogens (tertiary/aromatic N) is 4. The maximum atomic E-state index is 9.34. The molecule has 22 heavy (non-hydrogen) atoms. The zero-order chi connectivity index (χ0) is 15.5. The minimum absolute atomic E-state index is 0.269. The Morgan fingerprint density at radius 3 is 2.50 bits per heavy atom. The maximum Gasteiger partial charge on any atom is 0.191 e. The standard InChI is InChI=1S/C17H14N4O/c1-12-7-9-13(10-8-12)21-17(15(11-18)19-20-21)14-5-3-4-6-16(14)22-2/h3-10H,1-2H3. The quantitative estimate of drug-likeness (QED) is 0.743. The van der Waals surface area contributed by atoms with Gasteiger partial charge in [-0.1, -0.05) is 35.0 Å². The molecule has 108 valence electrons. The lowest BCUT2D eigenvalue weighted by Crippen LogP contribution is -2.01. The molecular weight excluding hydrogens is 276 g/mol. The van der Waals surface area contributed by atoms with Gasteiger partial charge < -0.3 is 4.74 Å². The molecule has 5 heteroatoms. The molecule has 0 unspecified atom stereocenters. The van der Waals surface area contributed by atoms with E-state index >= 15 is 0 Å². The van der Waals surface area contributed by atoms with E-state index in [0.717, 1.165) is 16.8 Å². The van der Waals surface area contributed by atoms with Crippen LogP contribution in [-0.4, -0.2) is 22.1 Å². The molecule has 1 aromatic heterocycles. The monoisotopic (exact) mass is 290 g/mol. The Morgan fingerprint density at radius 1 is 1.09 bits per heavy atom. The first-order valence-corrected chi connectivity index (χ1v) is 6.81. The molecule has 2 aromatic carbocycles. The highest BCUT2D eigenvalue weighted by Crippen LogP contribution is 2.32. The molecule has 0 aliphatic carbocycles. The predicted molar refractivity (Wildman–Crippen MR) is 82.8 cm³/mol. The average molecular weight is 290 g/mol. The topological polar surface area (TPSA) is 63.7 Å². The smallest absolute Gasteiger partial charge is 0.191 e. The minimum atomic E-state index is 0.269. The van der Waals surface area contributed by atoms with Gasteiger partial charge in [0.25, 0.3) is 0 Å². The van der Waals surface area contributed by atoms with Crippen LogP contribution in [0.5, 0.6) is 5.75 Å². The summed E-state index contributed by atoms with van der Waals surface area (Å²) in [4.78, 5) is 0. The van der Waals surface area contributed by atoms with Gasteiger partial charge in [0.15, 0.2) is 5.69 Å². The van der Waals surface area contributed by atoms with Crippen LogP contribution in [0.3, 0.4) is 0 Å². The number of hydrogen-bond acceptors (Lipinski definition) is 4. The fourth-order valence-corrected chi connectivity index (χ4v) is 2.31. The van der Waals surface area contributed by atoms with Gasteiger partial charge >= 0.3 is 0 Å². The van der Waals surface area contributed by atoms with E-state index in [0.29, 0.717) is 11.4 Å². The third kappa shape index (κ3) is 2.31. The molecule has 5 nitrogen and oxygen atoms in total. The summed E-state index contributed by atoms with van der Waals surface area (Å²) in [6.07, 6.45) is 0. The highest BCUT2D eigenvalue weighted by molar-refractivity contribution is 5.72. The van der Waals surface area contributed by atoms with Gasteiger partial charge in [0.2, 0.25) is 0 Å². The molecule has 0 bridgehead atoms. The Morgan fingerprint density at radius 2 is 1.82 bits per heavy atom. The Bertz CT molecular complexity index is 844. The molecule has 0 saturated carbocycles. The summed E-state index contributed by atoms with van der Waals surface area (Å²) in [5, 5.41) is 17.4. The van der Waals surface area contributed by atoms with Gasteiger partial charge in [-0.3, -0.25) is 0 Å². The van der Waals surface area contributed by atoms with Crippen LogP contribution in [0.25, 0.3) is 16.9 Å². The van der Waals surface area contributed by atoms with Crippen molar-refractivity contribution in [2.75, 3.05) is 7.11 Å². The van der Waals surface area contributed by atoms with Crippen molar-refractivity contribution >= 4 is 0 Å². The number of hydrogen-bond donors (Lipinski definition) is 0. The van der Waals surface area contributed by atoms with E-state index in [1.165, 1.54) is 0 Å². The summed E-state index contributed by atoms with van der Waals surface area (Å²) in [7, 11) is 1.60. The first kappa shape index (κ1) is 13.8. The minimum Gasteiger partial charge on any atom is -0.496 e. The first-order chi connectivity index (χ1) is 10.7. The van der Waals surface area contributed by atoms with Crippen LogP contribution in [0, 0.1) is 18.3 Å². The van der Waals surface area contributed by atoms with Crippen LogP contribution in [0.4, 0.5) is 0 Å². The molecule has 0 radical (unpaired) electrons. The van der Waals surface area contributed by atoms with Gasteiger partial charge in [-0.05, 0) is 31.2 Å². The molecule has 1 heterocycles. The zero-order valence-electron chi connectivity index (χ0n) is 12.3. The fraction of sp³-hybridized carbons (Fsp3) is 0.118. The SMILES string of the molecule is COc1ccccc1-c1c(C#N)nnn1-c1ccc(C)cc1. The van der Waals surface area contributed by atoms with Gasteiger partial charge in [-0.25, -0.2) is 4.68 Å². The number of nitriles is 1. The van der Waals surface area contributed by atoms with Gasteiger partial charge in [0.05, 0.1) is 12.8 Å². The second-order valence-electron chi connectivity index (χ2n) is 4.85. The predicted octanol–water partition coefficient (Wildman–Crippen LogP) is 3.12. The number of methoxy groups -OCH3 is 1. The molecule has 0 aliphatic rings. The van der Waals surface area contributed by atoms with Crippen LogP contribution in [0.2, 0.25) is 0 Å². The lowest BCUT2D eigenvalue weighted by molar-refractivity contribution is 0.416. The van der Waals surface area contributed by atoms with Crippen LogP contribution in [-0.2, 0) is 0 Å². The zero-order valence-corrected chi connectivity index (χ0v) is 12.3. The Labute approximate surface area is 128 Å². The van der Waals surface area contributed by atoms with Crippen LogP contribution >= 0.6 is 0 Å². The summed E-state index contributed by atoms with van der Waals surface area (Å²) in [5.74, 6) is 0.676. The number of benzene rings is 2. The van der Waals surface area contributed by atoms with E-state index in [2.05, 4.69) is 16.4 Å². The largest absolute Gasteiger partial charge is 0.496 e. The summed E-state index contributed by atoms with van der Waals surface area (Å²) in [6.45, 7) is 2.02. The first-order valence-electron chi connectivity index (χ1n) is 6.81. The van der Waals surface area contributed by atoms with Gasteiger partial charge in [-0.2, -0.15) is 5.26 Å². The Balaban J connectivity index is 2.25. The van der Waals surface area contributed by atoms with E-state index in [-0.39, 0.29) is 5.69 Å². The maximum absolute atomic E-state index is 9.34. The second-order valence-corrected chi connectivity index (χ2v) is 4.85. The summed E-state index contributed by atoms with van der Waals surface area (Å²) < 4.78 is 7.06. The number of aromatic nitrogens is 3. The Kier molecular flexibility index (Phi) is 3.58. The molecule has 3 rings (SSSR count). The number of para-hydroxylation sites is 1. The summed E-state index contributed by atoms with van der Waals surface area (Å²) in [6, 6.07) is 17.5. The van der Waals surface area contributed by atoms with Crippen molar-refractivity contribution < 1.29 is 4.74 Å². The number of ether oxygens (including phenoxy) is 1. The van der Waals surface area contributed by atoms with Gasteiger partial charge in [0, 0.05) is 5.56 Å². The van der Waals surface area contributed by atoms with Crippen molar-refractivity contribution in [3.63, 3.8) is 0 Å². The number of rotatable bonds is 3. The molecule has 0 N–H and O–H groups in total. The summed E-state index contributed by atoms with van der Waals surface area (Å²) in [5.41, 5.74) is 3.68. The fourth-order valence-electron chi connectivity index (χ4n) is 2.31. The van der Waals surface area contributed by atoms with Gasteiger partial charge in [0.1, 0.15) is 17.5 Å². The van der Waals surface area contributed by atoms with Crippen molar-refractivity contribution in [1.29, 1.82) is 5.26 Å². The van der Waals surface area contributed by atoms with Crippen LogP contribution in [0.15, 0.2) is 48.5 Å². The van der Waals surface area contributed by atoms with E-state index in [4.69, 9.17) is 4.74 Å². The van der Waals surface area contributed by atoms with Crippen molar-refractivity contribution in [2.24, 2.45) is 0 Å². The molecule has 0 fully saturated rings. The molecule has 0 amide bonds. The van der Waals surface area contributed by atoms with Crippen molar-refractivity contribution in [3.8, 4) is 28.8 Å². The van der Waals surface area contributed by atoms with Crippen molar-refractivity contribution in [1.82, 2.24) is 15.0 Å². The molecule has 0 aliphatic heterocycles. The lowest BCUT2D eigenvalue weighted by Gasteiger charge is -2.10. The Hall–Kier alpha value is -3.13. The van der Waals surface area contributed by atoms with Crippen LogP contribution in [0.1, 0.15) is 11.3 Å². The van der Waals surface area contributed by atoms with Gasteiger partial charge in [-0.15, -0.1) is 5.10 Å². The molecule has 0 saturated heterocycles. The average Bonchev–Trinajstić information content (AvgIpc) is 2.99. The van der Waals surface area contributed by atoms with E-state index in [1.807, 2.05) is 55.5 Å². The van der Waals surface area contributed by atoms with Crippen LogP contribution < -0.4 is 4.74 Å². The van der Waals surface area contributed by atoms with E-state index < -0.39 is 0 Å².